The molecule has 0 aliphatic heterocycles. The topological polar surface area (TPSA) is 95.2 Å². The highest BCUT2D eigenvalue weighted by atomic mass is 32.2. The molecule has 0 unspecified atom stereocenters. The van der Waals surface area contributed by atoms with E-state index in [1.165, 1.54) is 12.1 Å². The van der Waals surface area contributed by atoms with E-state index in [-0.39, 0.29) is 4.90 Å². The highest BCUT2D eigenvalue weighted by Gasteiger charge is 2.07. The first-order valence-corrected chi connectivity index (χ1v) is 6.98. The molecule has 0 amide bonds. The summed E-state index contributed by atoms with van der Waals surface area (Å²) in [7, 11) is -2.09. The number of nitrogens with two attached hydrogens (primary N) is 1. The van der Waals surface area contributed by atoms with Crippen molar-refractivity contribution in [3.8, 4) is 11.1 Å². The Morgan fingerprint density at radius 1 is 1.11 bits per heavy atom. The molecule has 2 aromatic rings. The molecule has 0 bridgehead atoms. The third-order valence-corrected chi connectivity index (χ3v) is 3.42. The van der Waals surface area contributed by atoms with Crippen molar-refractivity contribution in [3.63, 3.8) is 0 Å². The standard InChI is InChI=1S/C12H13N3O3S/c1-18-8-12-14-6-10(7-15-12)9-2-4-11(5-3-9)19(13,16)17/h2-7H,8H2,1H3,(H2,13,16,17). The van der Waals surface area contributed by atoms with Crippen LogP contribution in [0.25, 0.3) is 11.1 Å². The summed E-state index contributed by atoms with van der Waals surface area (Å²) in [5.74, 6) is 0.590. The van der Waals surface area contributed by atoms with Crippen LogP contribution < -0.4 is 5.14 Å². The van der Waals surface area contributed by atoms with Gasteiger partial charge < -0.3 is 4.74 Å². The summed E-state index contributed by atoms with van der Waals surface area (Å²) < 4.78 is 27.2. The Balaban J connectivity index is 2.27. The van der Waals surface area contributed by atoms with E-state index in [0.717, 1.165) is 11.1 Å². The molecule has 0 aliphatic carbocycles. The molecule has 0 saturated heterocycles. The molecule has 1 heterocycles. The summed E-state index contributed by atoms with van der Waals surface area (Å²) in [4.78, 5) is 8.35. The van der Waals surface area contributed by atoms with Crippen LogP contribution in [0, 0.1) is 0 Å². The molecule has 0 atom stereocenters. The van der Waals surface area contributed by atoms with Crippen LogP contribution in [0.5, 0.6) is 0 Å². The van der Waals surface area contributed by atoms with Crippen molar-refractivity contribution in [2.24, 2.45) is 5.14 Å². The second-order valence-corrected chi connectivity index (χ2v) is 5.45. The van der Waals surface area contributed by atoms with E-state index in [4.69, 9.17) is 9.88 Å². The summed E-state index contributed by atoms with van der Waals surface area (Å²) in [5, 5.41) is 5.03. The molecular formula is C12H13N3O3S. The Kier molecular flexibility index (Phi) is 3.89. The van der Waals surface area contributed by atoms with Gasteiger partial charge in [-0.2, -0.15) is 0 Å². The zero-order valence-corrected chi connectivity index (χ0v) is 11.1. The molecule has 0 saturated carbocycles. The smallest absolute Gasteiger partial charge is 0.238 e. The van der Waals surface area contributed by atoms with E-state index >= 15 is 0 Å². The summed E-state index contributed by atoms with van der Waals surface area (Å²) >= 11 is 0. The highest BCUT2D eigenvalue weighted by Crippen LogP contribution is 2.19. The first-order chi connectivity index (χ1) is 9.00. The number of hydrogen-bond donors (Lipinski definition) is 1. The van der Waals surface area contributed by atoms with Crippen molar-refractivity contribution in [1.29, 1.82) is 0 Å². The molecule has 6 nitrogen and oxygen atoms in total. The monoisotopic (exact) mass is 279 g/mol. The van der Waals surface area contributed by atoms with Crippen LogP contribution in [0.4, 0.5) is 0 Å². The minimum atomic E-state index is -3.66. The van der Waals surface area contributed by atoms with Gasteiger partial charge in [-0.1, -0.05) is 12.1 Å². The predicted octanol–water partition coefficient (Wildman–Crippen LogP) is 0.937. The van der Waals surface area contributed by atoms with Gasteiger partial charge in [-0.3, -0.25) is 0 Å². The number of methoxy groups -OCH3 is 1. The molecule has 2 rings (SSSR count). The zero-order chi connectivity index (χ0) is 13.9. The minimum Gasteiger partial charge on any atom is -0.377 e. The number of aromatic nitrogens is 2. The number of primary sulfonamides is 1. The van der Waals surface area contributed by atoms with E-state index in [0.29, 0.717) is 12.4 Å². The maximum Gasteiger partial charge on any atom is 0.238 e. The summed E-state index contributed by atoms with van der Waals surface area (Å²) in [6, 6.07) is 6.23. The molecule has 0 aliphatic rings. The first kappa shape index (κ1) is 13.6. The maximum atomic E-state index is 11.1. The molecule has 1 aromatic heterocycles. The quantitative estimate of drug-likeness (QED) is 0.898. The number of rotatable bonds is 4. The van der Waals surface area contributed by atoms with E-state index in [2.05, 4.69) is 9.97 Å². The van der Waals surface area contributed by atoms with Gasteiger partial charge in [-0.15, -0.1) is 0 Å². The van der Waals surface area contributed by atoms with Gasteiger partial charge in [0.25, 0.3) is 0 Å². The van der Waals surface area contributed by atoms with Gasteiger partial charge >= 0.3 is 0 Å². The molecule has 0 fully saturated rings. The van der Waals surface area contributed by atoms with Crippen LogP contribution in [0.3, 0.4) is 0 Å². The second kappa shape index (κ2) is 5.43. The maximum absolute atomic E-state index is 11.1. The van der Waals surface area contributed by atoms with E-state index < -0.39 is 10.0 Å². The summed E-state index contributed by atoms with van der Waals surface area (Å²) in [6.45, 7) is 0.352. The molecule has 2 N–H and O–H groups in total. The Labute approximate surface area is 111 Å². The Morgan fingerprint density at radius 3 is 2.16 bits per heavy atom. The fourth-order valence-electron chi connectivity index (χ4n) is 1.54. The molecular weight excluding hydrogens is 266 g/mol. The molecule has 100 valence electrons. The van der Waals surface area contributed by atoms with Crippen LogP contribution in [0.1, 0.15) is 5.82 Å². The predicted molar refractivity (Wildman–Crippen MR) is 69.6 cm³/mol. The van der Waals surface area contributed by atoms with Gasteiger partial charge in [0, 0.05) is 25.1 Å². The first-order valence-electron chi connectivity index (χ1n) is 5.44. The van der Waals surface area contributed by atoms with Crippen LogP contribution in [-0.4, -0.2) is 25.5 Å². The van der Waals surface area contributed by atoms with Crippen molar-refractivity contribution in [3.05, 3.63) is 42.5 Å². The van der Waals surface area contributed by atoms with E-state index in [1.807, 2.05) is 0 Å². The van der Waals surface area contributed by atoms with E-state index in [1.54, 1.807) is 31.6 Å². The molecule has 0 radical (unpaired) electrons. The minimum absolute atomic E-state index is 0.0770. The highest BCUT2D eigenvalue weighted by molar-refractivity contribution is 7.89. The third kappa shape index (κ3) is 3.34. The van der Waals surface area contributed by atoms with Crippen molar-refractivity contribution < 1.29 is 13.2 Å². The van der Waals surface area contributed by atoms with Crippen LogP contribution in [0.2, 0.25) is 0 Å². The third-order valence-electron chi connectivity index (χ3n) is 2.49. The van der Waals surface area contributed by atoms with Crippen molar-refractivity contribution in [2.75, 3.05) is 7.11 Å². The Bertz CT molecular complexity index is 652. The van der Waals surface area contributed by atoms with Crippen LogP contribution in [0.15, 0.2) is 41.6 Å². The van der Waals surface area contributed by atoms with Gasteiger partial charge in [0.1, 0.15) is 6.61 Å². The SMILES string of the molecule is COCc1ncc(-c2ccc(S(N)(=O)=O)cc2)cn1. The van der Waals surface area contributed by atoms with Crippen molar-refractivity contribution in [2.45, 2.75) is 11.5 Å². The number of ether oxygens (including phenoxy) is 1. The van der Waals surface area contributed by atoms with Crippen LogP contribution >= 0.6 is 0 Å². The molecule has 0 spiro atoms. The Morgan fingerprint density at radius 2 is 1.68 bits per heavy atom. The molecule has 7 heteroatoms. The average Bonchev–Trinajstić information content (AvgIpc) is 2.39. The molecule has 1 aromatic carbocycles. The zero-order valence-electron chi connectivity index (χ0n) is 10.3. The lowest BCUT2D eigenvalue weighted by Gasteiger charge is -2.03. The van der Waals surface area contributed by atoms with Crippen LogP contribution in [-0.2, 0) is 21.4 Å². The van der Waals surface area contributed by atoms with Gasteiger partial charge in [-0.25, -0.2) is 23.5 Å². The van der Waals surface area contributed by atoms with Crippen molar-refractivity contribution in [1.82, 2.24) is 9.97 Å². The normalized spacial score (nSPS) is 11.5. The van der Waals surface area contributed by atoms with E-state index in [9.17, 15) is 8.42 Å². The Hall–Kier alpha value is -1.83. The van der Waals surface area contributed by atoms with Crippen molar-refractivity contribution >= 4 is 10.0 Å². The number of hydrogen-bond acceptors (Lipinski definition) is 5. The second-order valence-electron chi connectivity index (χ2n) is 3.89. The van der Waals surface area contributed by atoms with Gasteiger partial charge in [0.05, 0.1) is 4.90 Å². The number of benzene rings is 1. The lowest BCUT2D eigenvalue weighted by Crippen LogP contribution is -2.11. The lowest BCUT2D eigenvalue weighted by molar-refractivity contribution is 0.178. The largest absolute Gasteiger partial charge is 0.377 e. The summed E-state index contributed by atoms with van der Waals surface area (Å²) in [5.41, 5.74) is 1.61. The average molecular weight is 279 g/mol. The van der Waals surface area contributed by atoms with Gasteiger partial charge in [0.15, 0.2) is 5.82 Å². The summed E-state index contributed by atoms with van der Waals surface area (Å²) in [6.07, 6.45) is 3.32. The fraction of sp³-hybridized carbons (Fsp3) is 0.167. The van der Waals surface area contributed by atoms with Gasteiger partial charge in [-0.05, 0) is 17.7 Å². The molecule has 19 heavy (non-hydrogen) atoms. The number of sulfonamides is 1. The fourth-order valence-corrected chi connectivity index (χ4v) is 2.06. The lowest BCUT2D eigenvalue weighted by atomic mass is 10.1. The number of nitrogens with zero attached hydrogens (tertiary/aromatic N) is 2. The van der Waals surface area contributed by atoms with Gasteiger partial charge in [0.2, 0.25) is 10.0 Å².